The molecule has 1 aliphatic carbocycles. The first-order chi connectivity index (χ1) is 7.92. The van der Waals surface area contributed by atoms with Gasteiger partial charge in [0.15, 0.2) is 8.32 Å². The summed E-state index contributed by atoms with van der Waals surface area (Å²) in [5, 5.41) is 0.256. The van der Waals surface area contributed by atoms with E-state index in [2.05, 4.69) is 67.3 Å². The van der Waals surface area contributed by atoms with Gasteiger partial charge in [-0.1, -0.05) is 47.3 Å². The Hall–Kier alpha value is -0.343. The van der Waals surface area contributed by atoms with Crippen LogP contribution in [-0.4, -0.2) is 14.4 Å². The van der Waals surface area contributed by atoms with Crippen molar-refractivity contribution in [1.82, 2.24) is 0 Å². The van der Waals surface area contributed by atoms with Gasteiger partial charge in [-0.05, 0) is 48.0 Å². The van der Waals surface area contributed by atoms with E-state index in [0.29, 0.717) is 0 Å². The number of rotatable bonds is 2. The zero-order valence-electron chi connectivity index (χ0n) is 13.5. The van der Waals surface area contributed by atoms with Crippen molar-refractivity contribution >= 4 is 8.32 Å². The lowest BCUT2D eigenvalue weighted by atomic mass is 9.88. The topological polar surface area (TPSA) is 9.23 Å². The lowest BCUT2D eigenvalue weighted by Crippen LogP contribution is -2.46. The molecule has 1 aliphatic rings. The van der Waals surface area contributed by atoms with Crippen LogP contribution in [0.2, 0.25) is 18.1 Å². The Labute approximate surface area is 114 Å². The molecular formula is C16H30OSi. The molecule has 18 heavy (non-hydrogen) atoms. The molecule has 0 aromatic carbocycles. The maximum absolute atomic E-state index is 6.66. The predicted molar refractivity (Wildman–Crippen MR) is 83.4 cm³/mol. The second-order valence-corrected chi connectivity index (χ2v) is 12.5. The molecule has 1 saturated carbocycles. The molecule has 0 bridgehead atoms. The van der Waals surface area contributed by atoms with Gasteiger partial charge in [-0.2, -0.15) is 0 Å². The number of hydrogen-bond donors (Lipinski definition) is 0. The SMILES string of the molecule is C=C1CC(C)(C)C(O[Si](C)(C)C(C)(C)C)/C1=C\C. The average Bonchev–Trinajstić information content (AvgIpc) is 2.34. The highest BCUT2D eigenvalue weighted by molar-refractivity contribution is 6.74. The van der Waals surface area contributed by atoms with Crippen molar-refractivity contribution in [2.24, 2.45) is 5.41 Å². The summed E-state index contributed by atoms with van der Waals surface area (Å²) in [6.45, 7) is 22.5. The highest BCUT2D eigenvalue weighted by Crippen LogP contribution is 2.49. The van der Waals surface area contributed by atoms with E-state index < -0.39 is 8.32 Å². The average molecular weight is 267 g/mol. The first kappa shape index (κ1) is 15.7. The third kappa shape index (κ3) is 2.80. The van der Waals surface area contributed by atoms with Gasteiger partial charge >= 0.3 is 0 Å². The van der Waals surface area contributed by atoms with E-state index in [1.807, 2.05) is 0 Å². The van der Waals surface area contributed by atoms with Crippen LogP contribution in [0, 0.1) is 5.41 Å². The smallest absolute Gasteiger partial charge is 0.192 e. The van der Waals surface area contributed by atoms with Crippen LogP contribution in [0.3, 0.4) is 0 Å². The van der Waals surface area contributed by atoms with E-state index >= 15 is 0 Å². The van der Waals surface area contributed by atoms with Crippen LogP contribution in [0.1, 0.15) is 48.0 Å². The van der Waals surface area contributed by atoms with Gasteiger partial charge in [-0.3, -0.25) is 0 Å². The fraction of sp³-hybridized carbons (Fsp3) is 0.750. The fourth-order valence-electron chi connectivity index (χ4n) is 2.40. The van der Waals surface area contributed by atoms with Crippen LogP contribution in [0.25, 0.3) is 0 Å². The van der Waals surface area contributed by atoms with Gasteiger partial charge in [0, 0.05) is 0 Å². The van der Waals surface area contributed by atoms with Crippen molar-refractivity contribution in [2.45, 2.75) is 72.2 Å². The highest BCUT2D eigenvalue weighted by Gasteiger charge is 2.47. The van der Waals surface area contributed by atoms with Crippen LogP contribution in [-0.2, 0) is 4.43 Å². The predicted octanol–water partition coefficient (Wildman–Crippen LogP) is 5.31. The number of allylic oxidation sites excluding steroid dienone is 1. The molecule has 0 heterocycles. The van der Waals surface area contributed by atoms with Crippen molar-refractivity contribution in [3.05, 3.63) is 23.8 Å². The molecule has 0 saturated heterocycles. The third-order valence-corrected chi connectivity index (χ3v) is 9.04. The molecule has 0 spiro atoms. The zero-order valence-corrected chi connectivity index (χ0v) is 14.5. The van der Waals surface area contributed by atoms with Crippen LogP contribution in [0.15, 0.2) is 23.8 Å². The van der Waals surface area contributed by atoms with Crippen molar-refractivity contribution < 1.29 is 4.43 Å². The molecule has 0 aromatic heterocycles. The molecule has 0 radical (unpaired) electrons. The lowest BCUT2D eigenvalue weighted by Gasteiger charge is -2.42. The van der Waals surface area contributed by atoms with Crippen LogP contribution >= 0.6 is 0 Å². The maximum Gasteiger partial charge on any atom is 0.192 e. The van der Waals surface area contributed by atoms with E-state index in [1.165, 1.54) is 11.1 Å². The monoisotopic (exact) mass is 266 g/mol. The highest BCUT2D eigenvalue weighted by atomic mass is 28.4. The second kappa shape index (κ2) is 4.64. The molecular weight excluding hydrogens is 236 g/mol. The first-order valence-electron chi connectivity index (χ1n) is 6.94. The van der Waals surface area contributed by atoms with Crippen molar-refractivity contribution in [3.8, 4) is 0 Å². The summed E-state index contributed by atoms with van der Waals surface area (Å²) in [5.41, 5.74) is 2.75. The van der Waals surface area contributed by atoms with Gasteiger partial charge in [0.25, 0.3) is 0 Å². The fourth-order valence-corrected chi connectivity index (χ4v) is 3.79. The Morgan fingerprint density at radius 3 is 2.22 bits per heavy atom. The van der Waals surface area contributed by atoms with Crippen LogP contribution < -0.4 is 0 Å². The molecule has 1 fully saturated rings. The van der Waals surface area contributed by atoms with Gasteiger partial charge < -0.3 is 4.43 Å². The zero-order chi connectivity index (χ0) is 14.4. The van der Waals surface area contributed by atoms with Gasteiger partial charge in [0.1, 0.15) is 0 Å². The van der Waals surface area contributed by atoms with Gasteiger partial charge in [0.05, 0.1) is 6.10 Å². The van der Waals surface area contributed by atoms with Gasteiger partial charge in [-0.25, -0.2) is 0 Å². The maximum atomic E-state index is 6.66. The van der Waals surface area contributed by atoms with Gasteiger partial charge in [-0.15, -0.1) is 0 Å². The summed E-state index contributed by atoms with van der Waals surface area (Å²) in [6, 6.07) is 0. The molecule has 1 atom stereocenters. The van der Waals surface area contributed by atoms with Crippen LogP contribution in [0.4, 0.5) is 0 Å². The van der Waals surface area contributed by atoms with E-state index in [9.17, 15) is 0 Å². The molecule has 104 valence electrons. The minimum Gasteiger partial charge on any atom is -0.409 e. The quantitative estimate of drug-likeness (QED) is 0.615. The van der Waals surface area contributed by atoms with E-state index in [4.69, 9.17) is 4.43 Å². The van der Waals surface area contributed by atoms with Gasteiger partial charge in [0.2, 0.25) is 0 Å². The molecule has 2 heteroatoms. The lowest BCUT2D eigenvalue weighted by molar-refractivity contribution is 0.113. The minimum absolute atomic E-state index is 0.175. The van der Waals surface area contributed by atoms with E-state index in [-0.39, 0.29) is 16.6 Å². The molecule has 0 aromatic rings. The van der Waals surface area contributed by atoms with Crippen molar-refractivity contribution in [3.63, 3.8) is 0 Å². The minimum atomic E-state index is -1.73. The first-order valence-corrected chi connectivity index (χ1v) is 9.85. The van der Waals surface area contributed by atoms with Crippen molar-refractivity contribution in [2.75, 3.05) is 0 Å². The molecule has 1 unspecified atom stereocenters. The van der Waals surface area contributed by atoms with E-state index in [0.717, 1.165) is 6.42 Å². The van der Waals surface area contributed by atoms with Crippen LogP contribution in [0.5, 0.6) is 0 Å². The Balaban J connectivity index is 3.05. The summed E-state index contributed by atoms with van der Waals surface area (Å²) in [5.74, 6) is 0. The summed E-state index contributed by atoms with van der Waals surface area (Å²) < 4.78 is 6.66. The van der Waals surface area contributed by atoms with E-state index in [1.54, 1.807) is 0 Å². The molecule has 1 rings (SSSR count). The third-order valence-electron chi connectivity index (χ3n) is 4.60. The summed E-state index contributed by atoms with van der Waals surface area (Å²) in [6.07, 6.45) is 3.46. The second-order valence-electron chi connectivity index (χ2n) is 7.77. The Morgan fingerprint density at radius 1 is 1.33 bits per heavy atom. The molecule has 0 N–H and O–H groups in total. The molecule has 1 nitrogen and oxygen atoms in total. The summed E-state index contributed by atoms with van der Waals surface area (Å²) in [7, 11) is -1.73. The standard InChI is InChI=1S/C16H30OSi/c1-10-13-12(2)11-16(6,7)14(13)17-18(8,9)15(3,4)5/h10,14H,2,11H2,1,3-9H3/b13-10-. The normalized spacial score (nSPS) is 27.0. The Morgan fingerprint density at radius 2 is 1.83 bits per heavy atom. The molecule has 0 aliphatic heterocycles. The summed E-state index contributed by atoms with van der Waals surface area (Å²) >= 11 is 0. The summed E-state index contributed by atoms with van der Waals surface area (Å²) in [4.78, 5) is 0. The Bertz CT molecular complexity index is 369. The Kier molecular flexibility index (Phi) is 4.05. The van der Waals surface area contributed by atoms with Crippen molar-refractivity contribution in [1.29, 1.82) is 0 Å². The molecule has 0 amide bonds. The number of hydrogen-bond acceptors (Lipinski definition) is 1. The largest absolute Gasteiger partial charge is 0.409 e.